The molecule has 2 atom stereocenters. The summed E-state index contributed by atoms with van der Waals surface area (Å²) in [6.45, 7) is 3.06. The first-order chi connectivity index (χ1) is 21.8. The topological polar surface area (TPSA) is 85.3 Å². The summed E-state index contributed by atoms with van der Waals surface area (Å²) < 4.78 is 22.8. The van der Waals surface area contributed by atoms with Gasteiger partial charge in [0.2, 0.25) is 5.91 Å². The normalized spacial score (nSPS) is 22.4. The molecule has 45 heavy (non-hydrogen) atoms. The number of amides is 2. The molecule has 2 aliphatic carbocycles. The van der Waals surface area contributed by atoms with E-state index in [0.717, 1.165) is 17.7 Å². The lowest BCUT2D eigenvalue weighted by atomic mass is 9.81. The van der Waals surface area contributed by atoms with Crippen LogP contribution in [0.3, 0.4) is 0 Å². The average Bonchev–Trinajstić information content (AvgIpc) is 3.74. The van der Waals surface area contributed by atoms with Crippen LogP contribution in [0, 0.1) is 5.41 Å². The molecule has 3 fully saturated rings. The SMILES string of the molecule is COC.COc1ccc2c(c1)C1CC1(C(=O)N1CCOCC1)Cn1c-2c(C2CCCCC2)c2ccc(C(=O)NSN(C)C)cc21. The van der Waals surface area contributed by atoms with Crippen molar-refractivity contribution in [2.45, 2.75) is 56.9 Å². The maximum absolute atomic E-state index is 14.4. The molecule has 2 unspecified atom stereocenters. The van der Waals surface area contributed by atoms with Gasteiger partial charge in [-0.15, -0.1) is 0 Å². The van der Waals surface area contributed by atoms with Gasteiger partial charge in [-0.25, -0.2) is 4.31 Å². The van der Waals surface area contributed by atoms with E-state index in [2.05, 4.69) is 44.4 Å². The molecule has 1 aromatic heterocycles. The summed E-state index contributed by atoms with van der Waals surface area (Å²) in [6, 6.07) is 12.6. The Hall–Kier alpha value is -3.05. The zero-order valence-corrected chi connectivity index (χ0v) is 28.0. The maximum Gasteiger partial charge on any atom is 0.262 e. The zero-order chi connectivity index (χ0) is 31.7. The van der Waals surface area contributed by atoms with Gasteiger partial charge in [0.25, 0.3) is 5.91 Å². The Balaban J connectivity index is 0.00000115. The number of nitrogens with one attached hydrogen (secondary N) is 1. The van der Waals surface area contributed by atoms with E-state index < -0.39 is 5.41 Å². The van der Waals surface area contributed by atoms with Crippen LogP contribution in [0.4, 0.5) is 0 Å². The Labute approximate surface area is 270 Å². The van der Waals surface area contributed by atoms with E-state index in [-0.39, 0.29) is 17.7 Å². The first-order valence-electron chi connectivity index (χ1n) is 16.1. The van der Waals surface area contributed by atoms with Crippen LogP contribution in [0.2, 0.25) is 0 Å². The Morgan fingerprint density at radius 3 is 2.44 bits per heavy atom. The van der Waals surface area contributed by atoms with Gasteiger partial charge in [-0.3, -0.25) is 14.3 Å². The quantitative estimate of drug-likeness (QED) is 0.342. The number of carbonyl (C=O) groups excluding carboxylic acids is 2. The van der Waals surface area contributed by atoms with Gasteiger partial charge in [-0.2, -0.15) is 0 Å². The molecule has 242 valence electrons. The zero-order valence-electron chi connectivity index (χ0n) is 27.2. The number of benzene rings is 2. The summed E-state index contributed by atoms with van der Waals surface area (Å²) in [7, 11) is 8.77. The number of methoxy groups -OCH3 is 2. The molecule has 0 radical (unpaired) electrons. The van der Waals surface area contributed by atoms with E-state index in [1.165, 1.54) is 72.0 Å². The Bertz CT molecular complexity index is 1560. The highest BCUT2D eigenvalue weighted by Gasteiger charge is 2.63. The van der Waals surface area contributed by atoms with Gasteiger partial charge in [0.15, 0.2) is 0 Å². The molecule has 2 amide bonds. The summed E-state index contributed by atoms with van der Waals surface area (Å²) in [4.78, 5) is 29.6. The summed E-state index contributed by atoms with van der Waals surface area (Å²) in [5.74, 6) is 1.53. The number of aromatic nitrogens is 1. The minimum Gasteiger partial charge on any atom is -0.497 e. The molecule has 2 aliphatic heterocycles. The van der Waals surface area contributed by atoms with Gasteiger partial charge in [0, 0.05) is 73.9 Å². The number of carbonyl (C=O) groups is 2. The molecule has 3 aromatic rings. The molecule has 7 rings (SSSR count). The van der Waals surface area contributed by atoms with Crippen molar-refractivity contribution in [2.24, 2.45) is 5.41 Å². The van der Waals surface area contributed by atoms with Gasteiger partial charge in [-0.05, 0) is 80.7 Å². The standard InChI is InChI=1S/C33H40N4O4S.C2H6O/c1-35(2)42-34-31(38)22-9-11-25-28(17-22)37-20-33(32(39)36-13-15-41-16-14-36)19-27(33)26-18-23(40-3)10-12-24(26)30(37)29(25)21-7-5-4-6-8-21;1-3-2/h9-12,17-18,21,27H,4-8,13-16,19-20H2,1-3H3,(H,34,38);1-2H3. The molecular formula is C35H46N4O5S. The van der Waals surface area contributed by atoms with Crippen LogP contribution < -0.4 is 9.46 Å². The fraction of sp³-hybridized carbons (Fsp3) is 0.543. The van der Waals surface area contributed by atoms with Crippen molar-refractivity contribution in [3.8, 4) is 17.0 Å². The van der Waals surface area contributed by atoms with Crippen LogP contribution in [-0.4, -0.2) is 87.3 Å². The number of hydrogen-bond donors (Lipinski definition) is 1. The van der Waals surface area contributed by atoms with E-state index in [9.17, 15) is 9.59 Å². The Kier molecular flexibility index (Phi) is 9.47. The molecule has 4 aliphatic rings. The van der Waals surface area contributed by atoms with Crippen molar-refractivity contribution in [3.05, 3.63) is 53.1 Å². The molecule has 0 spiro atoms. The smallest absolute Gasteiger partial charge is 0.262 e. The third-order valence-electron chi connectivity index (χ3n) is 9.83. The molecule has 1 N–H and O–H groups in total. The van der Waals surface area contributed by atoms with Crippen molar-refractivity contribution in [1.82, 2.24) is 18.5 Å². The molecule has 3 heterocycles. The van der Waals surface area contributed by atoms with Crippen molar-refractivity contribution in [1.29, 1.82) is 0 Å². The molecule has 2 aromatic carbocycles. The first kappa shape index (κ1) is 31.9. The van der Waals surface area contributed by atoms with Crippen LogP contribution in [0.25, 0.3) is 22.2 Å². The highest BCUT2D eigenvalue weighted by molar-refractivity contribution is 7.95. The van der Waals surface area contributed by atoms with Crippen LogP contribution in [0.5, 0.6) is 5.75 Å². The van der Waals surface area contributed by atoms with E-state index in [0.29, 0.717) is 44.3 Å². The number of morpholine rings is 1. The molecular weight excluding hydrogens is 588 g/mol. The number of ether oxygens (including phenoxy) is 3. The average molecular weight is 635 g/mol. The Morgan fingerprint density at radius 2 is 1.76 bits per heavy atom. The van der Waals surface area contributed by atoms with E-state index in [4.69, 9.17) is 9.47 Å². The van der Waals surface area contributed by atoms with Crippen LogP contribution in [-0.2, 0) is 20.8 Å². The van der Waals surface area contributed by atoms with Crippen LogP contribution in [0.15, 0.2) is 36.4 Å². The van der Waals surface area contributed by atoms with Crippen molar-refractivity contribution >= 4 is 34.9 Å². The first-order valence-corrected chi connectivity index (χ1v) is 16.9. The highest BCUT2D eigenvalue weighted by atomic mass is 32.2. The van der Waals surface area contributed by atoms with Gasteiger partial charge < -0.3 is 23.7 Å². The van der Waals surface area contributed by atoms with Crippen LogP contribution >= 0.6 is 12.1 Å². The Morgan fingerprint density at radius 1 is 1.02 bits per heavy atom. The van der Waals surface area contributed by atoms with Crippen molar-refractivity contribution in [2.75, 3.05) is 61.7 Å². The van der Waals surface area contributed by atoms with Crippen molar-refractivity contribution in [3.63, 3.8) is 0 Å². The molecule has 0 bridgehead atoms. The fourth-order valence-corrected chi connectivity index (χ4v) is 8.08. The molecule has 9 nitrogen and oxygen atoms in total. The molecule has 2 saturated carbocycles. The predicted octanol–water partition coefficient (Wildman–Crippen LogP) is 5.83. The van der Waals surface area contributed by atoms with Crippen LogP contribution in [0.1, 0.15) is 71.8 Å². The second-order valence-electron chi connectivity index (χ2n) is 12.9. The summed E-state index contributed by atoms with van der Waals surface area (Å²) in [6.07, 6.45) is 6.90. The minimum absolute atomic E-state index is 0.118. The maximum atomic E-state index is 14.4. The molecule has 10 heteroatoms. The number of nitrogens with zero attached hydrogens (tertiary/aromatic N) is 3. The summed E-state index contributed by atoms with van der Waals surface area (Å²) in [5.41, 5.74) is 6.22. The van der Waals surface area contributed by atoms with Crippen molar-refractivity contribution < 1.29 is 23.8 Å². The lowest BCUT2D eigenvalue weighted by Crippen LogP contribution is -2.45. The summed E-state index contributed by atoms with van der Waals surface area (Å²) in [5, 5.41) is 1.21. The van der Waals surface area contributed by atoms with E-state index in [1.807, 2.05) is 29.4 Å². The lowest BCUT2D eigenvalue weighted by Gasteiger charge is -2.31. The monoisotopic (exact) mass is 634 g/mol. The second kappa shape index (κ2) is 13.4. The van der Waals surface area contributed by atoms with Gasteiger partial charge in [-0.1, -0.05) is 25.3 Å². The number of fused-ring (bicyclic) bond motifs is 7. The minimum atomic E-state index is -0.515. The molecule has 1 saturated heterocycles. The second-order valence-corrected chi connectivity index (χ2v) is 14.0. The van der Waals surface area contributed by atoms with Gasteiger partial charge in [0.1, 0.15) is 5.75 Å². The fourth-order valence-electron chi connectivity index (χ4n) is 7.70. The summed E-state index contributed by atoms with van der Waals surface area (Å²) >= 11 is 1.27. The van der Waals surface area contributed by atoms with E-state index in [1.54, 1.807) is 21.3 Å². The van der Waals surface area contributed by atoms with Gasteiger partial charge in [0.05, 0.1) is 31.4 Å². The number of rotatable bonds is 6. The predicted molar refractivity (Wildman–Crippen MR) is 179 cm³/mol. The number of hydrogen-bond acceptors (Lipinski definition) is 7. The third kappa shape index (κ3) is 5.98. The van der Waals surface area contributed by atoms with E-state index >= 15 is 0 Å². The highest BCUT2D eigenvalue weighted by Crippen LogP contribution is 2.66. The largest absolute Gasteiger partial charge is 0.497 e. The van der Waals surface area contributed by atoms with Gasteiger partial charge >= 0.3 is 0 Å². The third-order valence-corrected chi connectivity index (χ3v) is 10.5. The lowest BCUT2D eigenvalue weighted by molar-refractivity contribution is -0.141.